The molecule has 0 spiro atoms. The van der Waals surface area contributed by atoms with Crippen LogP contribution >= 0.6 is 22.6 Å². The second-order valence-electron chi connectivity index (χ2n) is 11.4. The maximum absolute atomic E-state index is 12.4. The van der Waals surface area contributed by atoms with Gasteiger partial charge in [-0.1, -0.05) is 0 Å². The molecule has 0 aliphatic rings. The van der Waals surface area contributed by atoms with Crippen LogP contribution in [0.25, 0.3) is 0 Å². The molecule has 0 unspecified atom stereocenters. The van der Waals surface area contributed by atoms with Crippen LogP contribution in [0.4, 0.5) is 119 Å². The number of hydrogen-bond acceptors (Lipinski definition) is 5. The average molecular weight is 1290 g/mol. The van der Waals surface area contributed by atoms with Crippen molar-refractivity contribution in [3.8, 4) is 0 Å². The molecule has 0 aliphatic heterocycles. The summed E-state index contributed by atoms with van der Waals surface area (Å²) < 4.78 is 382. The van der Waals surface area contributed by atoms with Gasteiger partial charge in [0.25, 0.3) is 0 Å². The highest BCUT2D eigenvalue weighted by Gasteiger charge is 2.86. The van der Waals surface area contributed by atoms with Gasteiger partial charge in [0, 0.05) is 3.57 Å². The van der Waals surface area contributed by atoms with Crippen molar-refractivity contribution in [2.75, 3.05) is 0 Å². The van der Waals surface area contributed by atoms with Gasteiger partial charge in [0.1, 0.15) is 0 Å². The van der Waals surface area contributed by atoms with Crippen LogP contribution in [0.1, 0.15) is 16.7 Å². The van der Waals surface area contributed by atoms with Crippen molar-refractivity contribution in [3.63, 3.8) is 0 Å². The Labute approximate surface area is 372 Å². The van der Waals surface area contributed by atoms with E-state index in [-0.39, 0.29) is 0 Å². The molecule has 0 heterocycles. The molecule has 0 aliphatic carbocycles. The zero-order valence-electron chi connectivity index (χ0n) is 29.7. The normalized spacial score (nSPS) is 14.2. The van der Waals surface area contributed by atoms with E-state index in [1.165, 1.54) is 36.4 Å². The smallest absolute Gasteiger partial charge is 0.460 e. The molecule has 6 nitrogen and oxygen atoms in total. The Bertz CT molecular complexity index is 2140. The lowest BCUT2D eigenvalue weighted by molar-refractivity contribution is -0.597. The van der Waals surface area contributed by atoms with E-state index in [0.29, 0.717) is 7.14 Å². The summed E-state index contributed by atoms with van der Waals surface area (Å²) in [6, 6.07) is 14.4. The molecule has 0 fully saturated rings. The maximum atomic E-state index is 12.4. The Balaban J connectivity index is 0.000000872. The topological polar surface area (TPSA) is 112 Å². The summed E-state index contributed by atoms with van der Waals surface area (Å²) in [5.74, 6) is -29.5. The first kappa shape index (κ1) is 63.1. The SMILES string of the molecule is FC(F)(F)c1ccc(I)cc1.FC(F)(F)c1ccc([I+]c2ccc(C(F)(F)F)cc2)cc1.O=S(=O)(O)C(F)(F)C(F)(F)C(F)(F)C(F)(F)F.O=S(=O)([O-])C(F)(F)C(F)(F)C(F)(F)C(F)(F)F. The highest BCUT2D eigenvalue weighted by Crippen LogP contribution is 2.55. The van der Waals surface area contributed by atoms with E-state index in [0.717, 1.165) is 40.0 Å². The number of halogens is 29. The first-order valence-electron chi connectivity index (χ1n) is 14.8. The molecule has 0 aromatic heterocycles. The monoisotopic (exact) mass is 1290 g/mol. The molecular formula is C29H13F27I2O6S2. The summed E-state index contributed by atoms with van der Waals surface area (Å²) in [4.78, 5) is 0. The summed E-state index contributed by atoms with van der Waals surface area (Å²) in [6.45, 7) is 0. The lowest BCUT2D eigenvalue weighted by Gasteiger charge is -2.34. The molecule has 37 heteroatoms. The van der Waals surface area contributed by atoms with Crippen LogP contribution in [-0.4, -0.2) is 72.5 Å². The second-order valence-corrected chi connectivity index (χ2v) is 18.5. The maximum Gasteiger partial charge on any atom is 0.460 e. The fraction of sp³-hybridized carbons (Fsp3) is 0.379. The number of benzene rings is 3. The van der Waals surface area contributed by atoms with Gasteiger partial charge in [-0.25, -0.2) is 8.42 Å². The predicted molar refractivity (Wildman–Crippen MR) is 167 cm³/mol. The van der Waals surface area contributed by atoms with E-state index in [9.17, 15) is 140 Å². The molecule has 3 aromatic rings. The highest BCUT2D eigenvalue weighted by molar-refractivity contribution is 14.1. The van der Waals surface area contributed by atoms with Gasteiger partial charge in [-0.15, -0.1) is 0 Å². The largest absolute Gasteiger partial charge is 0.743 e. The van der Waals surface area contributed by atoms with E-state index in [4.69, 9.17) is 4.55 Å². The molecule has 66 heavy (non-hydrogen) atoms. The third kappa shape index (κ3) is 15.0. The van der Waals surface area contributed by atoms with Crippen LogP contribution in [0.3, 0.4) is 0 Å². The molecule has 0 amide bonds. The van der Waals surface area contributed by atoms with Gasteiger partial charge in [-0.2, -0.15) is 127 Å². The van der Waals surface area contributed by atoms with Crippen LogP contribution in [0.15, 0.2) is 72.8 Å². The number of alkyl halides is 27. The van der Waals surface area contributed by atoms with E-state index in [1.807, 2.05) is 22.6 Å². The fourth-order valence-corrected chi connectivity index (χ4v) is 6.62. The Morgan fingerprint density at radius 2 is 0.621 bits per heavy atom. The second kappa shape index (κ2) is 20.6. The first-order valence-corrected chi connectivity index (χ1v) is 20.9. The molecule has 0 radical (unpaired) electrons. The van der Waals surface area contributed by atoms with Crippen LogP contribution in [0.2, 0.25) is 0 Å². The molecule has 0 bridgehead atoms. The van der Waals surface area contributed by atoms with Gasteiger partial charge in [-0.3, -0.25) is 4.55 Å². The van der Waals surface area contributed by atoms with Gasteiger partial charge in [0.15, 0.2) is 17.3 Å². The van der Waals surface area contributed by atoms with Crippen LogP contribution in [-0.2, 0) is 38.8 Å². The summed E-state index contributed by atoms with van der Waals surface area (Å²) in [6.07, 6.45) is -27.3. The standard InChI is InChI=1S/C14H8F6I.C7H4F3I.2C4HF9O3S/c15-13(16,17)9-1-5-11(6-2-9)21-12-7-3-10(4-8-12)14(18,19)20;8-7(9,10)5-1-3-6(11)4-2-5;2*5-1(6,3(9,10)11)2(7,8)4(12,13)17(14,15)16/h1-8H;1-4H;2*(H,14,15,16)/q+1;;;/p-1. The Kier molecular flexibility index (Phi) is 19.6. The highest BCUT2D eigenvalue weighted by atomic mass is 127. The van der Waals surface area contributed by atoms with Crippen molar-refractivity contribution >= 4 is 42.8 Å². The molecule has 0 saturated carbocycles. The molecule has 0 saturated heterocycles. The molecule has 380 valence electrons. The molecular weight excluding hydrogens is 1280 g/mol. The number of hydrogen-bond donors (Lipinski definition) is 1. The molecule has 0 atom stereocenters. The van der Waals surface area contributed by atoms with E-state index in [1.54, 1.807) is 0 Å². The molecule has 1 N–H and O–H groups in total. The van der Waals surface area contributed by atoms with E-state index < -0.39 is 123 Å². The summed E-state index contributed by atoms with van der Waals surface area (Å²) in [7, 11) is -14.6. The first-order chi connectivity index (χ1) is 28.7. The van der Waals surface area contributed by atoms with Crippen LogP contribution in [0.5, 0.6) is 0 Å². The fourth-order valence-electron chi connectivity index (χ4n) is 3.21. The lowest BCUT2D eigenvalue weighted by Crippen LogP contribution is -3.61. The molecule has 3 rings (SSSR count). The van der Waals surface area contributed by atoms with Crippen molar-refractivity contribution in [1.29, 1.82) is 0 Å². The van der Waals surface area contributed by atoms with Crippen molar-refractivity contribution in [2.45, 2.75) is 65.1 Å². The van der Waals surface area contributed by atoms with Crippen molar-refractivity contribution < 1.29 is 166 Å². The minimum atomic E-state index is -7.43. The minimum Gasteiger partial charge on any atom is -0.743 e. The van der Waals surface area contributed by atoms with Gasteiger partial charge in [0.05, 0.1) is 16.7 Å². The zero-order valence-corrected chi connectivity index (χ0v) is 35.6. The Morgan fingerprint density at radius 1 is 0.394 bits per heavy atom. The summed E-state index contributed by atoms with van der Waals surface area (Å²) in [5, 5.41) is -14.1. The van der Waals surface area contributed by atoms with Crippen molar-refractivity contribution in [2.24, 2.45) is 0 Å². The van der Waals surface area contributed by atoms with Crippen LogP contribution < -0.4 is 21.2 Å². The van der Waals surface area contributed by atoms with Crippen molar-refractivity contribution in [1.82, 2.24) is 0 Å². The Morgan fingerprint density at radius 3 is 0.818 bits per heavy atom. The minimum absolute atomic E-state index is 0.599. The third-order valence-electron chi connectivity index (χ3n) is 6.60. The third-order valence-corrected chi connectivity index (χ3v) is 11.8. The number of rotatable bonds is 8. The van der Waals surface area contributed by atoms with Gasteiger partial charge in [-0.05, 0) is 95.4 Å². The average Bonchev–Trinajstić information content (AvgIpc) is 3.10. The van der Waals surface area contributed by atoms with Gasteiger partial charge < -0.3 is 4.55 Å². The van der Waals surface area contributed by atoms with Crippen molar-refractivity contribution in [3.05, 3.63) is 100 Å². The zero-order chi connectivity index (χ0) is 53.2. The van der Waals surface area contributed by atoms with Crippen LogP contribution in [0, 0.1) is 10.7 Å². The summed E-state index contributed by atoms with van der Waals surface area (Å²) in [5.41, 5.74) is -2.07. The van der Waals surface area contributed by atoms with E-state index >= 15 is 0 Å². The van der Waals surface area contributed by atoms with E-state index in [2.05, 4.69) is 0 Å². The quantitative estimate of drug-likeness (QED) is 0.137. The van der Waals surface area contributed by atoms with Gasteiger partial charge in [0.2, 0.25) is 0 Å². The lowest BCUT2D eigenvalue weighted by atomic mass is 10.1. The predicted octanol–water partition coefficient (Wildman–Crippen LogP) is 9.42. The molecule has 3 aromatic carbocycles. The Hall–Kier alpha value is -2.95. The summed E-state index contributed by atoms with van der Waals surface area (Å²) >= 11 is 1.15. The van der Waals surface area contributed by atoms with Gasteiger partial charge >= 0.3 is 96.4 Å².